The van der Waals surface area contributed by atoms with Gasteiger partial charge in [-0.2, -0.15) is 0 Å². The van der Waals surface area contributed by atoms with E-state index in [2.05, 4.69) is 4.98 Å². The van der Waals surface area contributed by atoms with Crippen LogP contribution in [-0.4, -0.2) is 30.9 Å². The molecule has 3 rings (SSSR count). The van der Waals surface area contributed by atoms with Gasteiger partial charge in [-0.05, 0) is 29.8 Å². The van der Waals surface area contributed by atoms with Crippen molar-refractivity contribution in [1.29, 1.82) is 0 Å². The molecule has 25 heavy (non-hydrogen) atoms. The molecular formula is C18H18N2O5. The van der Waals surface area contributed by atoms with Crippen molar-refractivity contribution < 1.29 is 14.2 Å². The highest BCUT2D eigenvalue weighted by atomic mass is 16.5. The van der Waals surface area contributed by atoms with Gasteiger partial charge in [-0.15, -0.1) is 0 Å². The maximum absolute atomic E-state index is 12.3. The normalized spacial score (nSPS) is 10.7. The molecule has 0 amide bonds. The first-order valence-corrected chi connectivity index (χ1v) is 7.59. The molecule has 130 valence electrons. The Morgan fingerprint density at radius 1 is 0.960 bits per heavy atom. The summed E-state index contributed by atoms with van der Waals surface area (Å²) in [6.07, 6.45) is 0. The fourth-order valence-corrected chi connectivity index (χ4v) is 2.81. The summed E-state index contributed by atoms with van der Waals surface area (Å²) in [5.41, 5.74) is 0.456. The van der Waals surface area contributed by atoms with Crippen molar-refractivity contribution in [1.82, 2.24) is 9.55 Å². The van der Waals surface area contributed by atoms with Crippen molar-refractivity contribution in [2.45, 2.75) is 6.54 Å². The molecule has 2 aromatic carbocycles. The summed E-state index contributed by atoms with van der Waals surface area (Å²) >= 11 is 0. The second-order valence-corrected chi connectivity index (χ2v) is 5.40. The molecule has 0 spiro atoms. The summed E-state index contributed by atoms with van der Waals surface area (Å²) < 4.78 is 17.5. The molecule has 1 aromatic heterocycles. The number of rotatable bonds is 5. The number of aromatic nitrogens is 2. The van der Waals surface area contributed by atoms with Crippen LogP contribution in [0.1, 0.15) is 5.56 Å². The number of fused-ring (bicyclic) bond motifs is 1. The Bertz CT molecular complexity index is 1010. The average Bonchev–Trinajstić information content (AvgIpc) is 2.64. The zero-order valence-corrected chi connectivity index (χ0v) is 14.2. The zero-order chi connectivity index (χ0) is 18.0. The lowest BCUT2D eigenvalue weighted by atomic mass is 10.1. The van der Waals surface area contributed by atoms with E-state index in [9.17, 15) is 9.59 Å². The monoisotopic (exact) mass is 342 g/mol. The van der Waals surface area contributed by atoms with Crippen LogP contribution in [0.5, 0.6) is 17.2 Å². The van der Waals surface area contributed by atoms with Crippen molar-refractivity contribution >= 4 is 10.9 Å². The van der Waals surface area contributed by atoms with Crippen molar-refractivity contribution in [2.24, 2.45) is 0 Å². The summed E-state index contributed by atoms with van der Waals surface area (Å²) in [4.78, 5) is 26.6. The van der Waals surface area contributed by atoms with E-state index in [1.165, 1.54) is 25.9 Å². The molecule has 0 atom stereocenters. The fraction of sp³-hybridized carbons (Fsp3) is 0.222. The largest absolute Gasteiger partial charge is 0.493 e. The van der Waals surface area contributed by atoms with E-state index in [0.717, 1.165) is 5.56 Å². The second kappa shape index (κ2) is 6.72. The van der Waals surface area contributed by atoms with Crippen LogP contribution >= 0.6 is 0 Å². The quantitative estimate of drug-likeness (QED) is 0.764. The van der Waals surface area contributed by atoms with Crippen LogP contribution in [0.15, 0.2) is 46.0 Å². The lowest BCUT2D eigenvalue weighted by Crippen LogP contribution is -2.30. The minimum Gasteiger partial charge on any atom is -0.493 e. The van der Waals surface area contributed by atoms with Gasteiger partial charge in [-0.3, -0.25) is 14.3 Å². The van der Waals surface area contributed by atoms with Crippen molar-refractivity contribution in [2.75, 3.05) is 21.3 Å². The van der Waals surface area contributed by atoms with E-state index in [-0.39, 0.29) is 6.54 Å². The van der Waals surface area contributed by atoms with Gasteiger partial charge in [-0.25, -0.2) is 4.79 Å². The first-order chi connectivity index (χ1) is 12.1. The van der Waals surface area contributed by atoms with E-state index in [0.29, 0.717) is 28.2 Å². The molecule has 0 radical (unpaired) electrons. The average molecular weight is 342 g/mol. The smallest absolute Gasteiger partial charge is 0.329 e. The lowest BCUT2D eigenvalue weighted by molar-refractivity contribution is 0.323. The highest BCUT2D eigenvalue weighted by Gasteiger charge is 2.15. The van der Waals surface area contributed by atoms with Gasteiger partial charge < -0.3 is 14.2 Å². The van der Waals surface area contributed by atoms with Crippen LogP contribution < -0.4 is 25.5 Å². The van der Waals surface area contributed by atoms with Gasteiger partial charge in [0.25, 0.3) is 5.56 Å². The first kappa shape index (κ1) is 16.6. The SMILES string of the molecule is COc1cc(Cn2c(=O)[nH]c(=O)c3ccccc32)cc(OC)c1OC. The Morgan fingerprint density at radius 2 is 1.60 bits per heavy atom. The molecule has 1 heterocycles. The summed E-state index contributed by atoms with van der Waals surface area (Å²) in [5, 5.41) is 0.453. The van der Waals surface area contributed by atoms with Gasteiger partial charge in [0.1, 0.15) is 0 Å². The Hall–Kier alpha value is -3.22. The molecule has 0 unspecified atom stereocenters. The van der Waals surface area contributed by atoms with Crippen LogP contribution in [0.2, 0.25) is 0 Å². The van der Waals surface area contributed by atoms with Crippen molar-refractivity contribution in [3.63, 3.8) is 0 Å². The van der Waals surface area contributed by atoms with Crippen LogP contribution in [0.4, 0.5) is 0 Å². The predicted molar refractivity (Wildman–Crippen MR) is 94.0 cm³/mol. The highest BCUT2D eigenvalue weighted by molar-refractivity contribution is 5.77. The third kappa shape index (κ3) is 2.96. The number of hydrogen-bond acceptors (Lipinski definition) is 5. The van der Waals surface area contributed by atoms with E-state index >= 15 is 0 Å². The topological polar surface area (TPSA) is 82.6 Å². The van der Waals surface area contributed by atoms with Crippen LogP contribution in [0, 0.1) is 0 Å². The number of aromatic amines is 1. The van der Waals surface area contributed by atoms with Gasteiger partial charge in [0.05, 0.1) is 38.8 Å². The van der Waals surface area contributed by atoms with Gasteiger partial charge in [-0.1, -0.05) is 12.1 Å². The van der Waals surface area contributed by atoms with Crippen molar-refractivity contribution in [3.05, 3.63) is 62.8 Å². The van der Waals surface area contributed by atoms with Crippen LogP contribution in [0.25, 0.3) is 10.9 Å². The molecule has 3 aromatic rings. The fourth-order valence-electron chi connectivity index (χ4n) is 2.81. The number of hydrogen-bond donors (Lipinski definition) is 1. The molecule has 0 aliphatic rings. The molecule has 0 bridgehead atoms. The molecular weight excluding hydrogens is 324 g/mol. The van der Waals surface area contributed by atoms with E-state index in [1.807, 2.05) is 0 Å². The third-order valence-electron chi connectivity index (χ3n) is 3.97. The number of nitrogens with zero attached hydrogens (tertiary/aromatic N) is 1. The number of nitrogens with one attached hydrogen (secondary N) is 1. The van der Waals surface area contributed by atoms with Crippen molar-refractivity contribution in [3.8, 4) is 17.2 Å². The minimum absolute atomic E-state index is 0.243. The molecule has 7 heteroatoms. The number of para-hydroxylation sites is 1. The van der Waals surface area contributed by atoms with Gasteiger partial charge in [0, 0.05) is 0 Å². The highest BCUT2D eigenvalue weighted by Crippen LogP contribution is 2.38. The summed E-state index contributed by atoms with van der Waals surface area (Å²) in [6.45, 7) is 0.243. The Labute approximate surface area is 143 Å². The zero-order valence-electron chi connectivity index (χ0n) is 14.2. The van der Waals surface area contributed by atoms with Gasteiger partial charge in [0.2, 0.25) is 5.75 Å². The maximum atomic E-state index is 12.3. The molecule has 7 nitrogen and oxygen atoms in total. The Kier molecular flexibility index (Phi) is 4.47. The Balaban J connectivity index is 2.17. The van der Waals surface area contributed by atoms with Gasteiger partial charge in [0.15, 0.2) is 11.5 Å². The number of benzene rings is 2. The summed E-state index contributed by atoms with van der Waals surface area (Å²) in [5.74, 6) is 1.48. The molecule has 0 fully saturated rings. The van der Waals surface area contributed by atoms with Gasteiger partial charge >= 0.3 is 5.69 Å². The van der Waals surface area contributed by atoms with Crippen LogP contribution in [-0.2, 0) is 6.54 Å². The van der Waals surface area contributed by atoms with E-state index in [1.54, 1.807) is 36.4 Å². The molecule has 0 aliphatic carbocycles. The molecule has 0 saturated heterocycles. The number of H-pyrrole nitrogens is 1. The summed E-state index contributed by atoms with van der Waals surface area (Å²) in [7, 11) is 4.59. The second-order valence-electron chi connectivity index (χ2n) is 5.40. The minimum atomic E-state index is -0.475. The molecule has 1 N–H and O–H groups in total. The van der Waals surface area contributed by atoms with E-state index < -0.39 is 11.2 Å². The lowest BCUT2D eigenvalue weighted by Gasteiger charge is -2.15. The first-order valence-electron chi connectivity index (χ1n) is 7.59. The predicted octanol–water partition coefficient (Wildman–Crippen LogP) is 1.76. The molecule has 0 saturated carbocycles. The number of methoxy groups -OCH3 is 3. The summed E-state index contributed by atoms with van der Waals surface area (Å²) in [6, 6.07) is 10.5. The maximum Gasteiger partial charge on any atom is 0.329 e. The standard InChI is InChI=1S/C18H18N2O5/c1-23-14-8-11(9-15(24-2)16(14)25-3)10-20-13-7-5-4-6-12(13)17(21)19-18(20)22/h4-9H,10H2,1-3H3,(H,19,21,22). The van der Waals surface area contributed by atoms with E-state index in [4.69, 9.17) is 14.2 Å². The number of ether oxygens (including phenoxy) is 3. The Morgan fingerprint density at radius 3 is 2.20 bits per heavy atom. The molecule has 0 aliphatic heterocycles. The third-order valence-corrected chi connectivity index (χ3v) is 3.97. The van der Waals surface area contributed by atoms with Crippen LogP contribution in [0.3, 0.4) is 0 Å².